The fraction of sp³-hybridized carbons (Fsp3) is 0.130. The van der Waals surface area contributed by atoms with E-state index in [4.69, 9.17) is 16.3 Å². The zero-order valence-corrected chi connectivity index (χ0v) is 16.4. The smallest absolute Gasteiger partial charge is 0.223 e. The second-order valence-corrected chi connectivity index (χ2v) is 7.02. The Kier molecular flexibility index (Phi) is 5.89. The van der Waals surface area contributed by atoms with Crippen molar-refractivity contribution in [2.45, 2.75) is 6.10 Å². The van der Waals surface area contributed by atoms with E-state index in [1.54, 1.807) is 6.07 Å². The van der Waals surface area contributed by atoms with E-state index in [1.807, 2.05) is 72.8 Å². The molecular formula is C23H20ClN3O2. The van der Waals surface area contributed by atoms with Crippen LogP contribution in [0, 0.1) is 0 Å². The minimum absolute atomic E-state index is 0.172. The van der Waals surface area contributed by atoms with Gasteiger partial charge in [-0.15, -0.1) is 0 Å². The average Bonchev–Trinajstić information content (AvgIpc) is 2.77. The molecule has 0 aliphatic rings. The lowest BCUT2D eigenvalue weighted by Gasteiger charge is -2.14. The Morgan fingerprint density at radius 1 is 0.931 bits per heavy atom. The molecule has 0 radical (unpaired) electrons. The maximum atomic E-state index is 10.2. The van der Waals surface area contributed by atoms with Crippen molar-refractivity contribution in [3.63, 3.8) is 0 Å². The molecule has 29 heavy (non-hydrogen) atoms. The number of halogens is 1. The van der Waals surface area contributed by atoms with Gasteiger partial charge in [0.1, 0.15) is 18.5 Å². The van der Waals surface area contributed by atoms with E-state index in [1.165, 1.54) is 0 Å². The number of hydrogen-bond donors (Lipinski definition) is 2. The third-order valence-electron chi connectivity index (χ3n) is 4.39. The largest absolute Gasteiger partial charge is 0.491 e. The van der Waals surface area contributed by atoms with E-state index >= 15 is 0 Å². The highest BCUT2D eigenvalue weighted by Crippen LogP contribution is 2.29. The van der Waals surface area contributed by atoms with Crippen molar-refractivity contribution in [2.75, 3.05) is 18.5 Å². The summed E-state index contributed by atoms with van der Waals surface area (Å²) in [5.74, 6) is 1.16. The summed E-state index contributed by atoms with van der Waals surface area (Å²) in [5, 5.41) is 14.9. The number of aliphatic hydroxyl groups excluding tert-OH is 1. The summed E-state index contributed by atoms with van der Waals surface area (Å²) in [4.78, 5) is 9.23. The molecule has 5 nitrogen and oxygen atoms in total. The molecule has 0 saturated carbocycles. The summed E-state index contributed by atoms with van der Waals surface area (Å²) in [6.07, 6.45) is -0.708. The molecule has 0 amide bonds. The highest BCUT2D eigenvalue weighted by Gasteiger charge is 2.12. The number of fused-ring (bicyclic) bond motifs is 1. The minimum atomic E-state index is -0.708. The molecule has 4 rings (SSSR count). The van der Waals surface area contributed by atoms with Crippen LogP contribution in [0.2, 0.25) is 5.02 Å². The van der Waals surface area contributed by atoms with Gasteiger partial charge >= 0.3 is 0 Å². The molecule has 146 valence electrons. The molecule has 3 aromatic carbocycles. The number of rotatable bonds is 7. The summed E-state index contributed by atoms with van der Waals surface area (Å²) in [6, 6.07) is 24.8. The summed E-state index contributed by atoms with van der Waals surface area (Å²) in [5.41, 5.74) is 2.54. The van der Waals surface area contributed by atoms with Crippen LogP contribution in [-0.2, 0) is 0 Å². The normalized spacial score (nSPS) is 11.9. The standard InChI is InChI=1S/C23H20ClN3O2/c24-17-11-12-21-20(13-17)22(16-7-3-1-4-8-16)27-23(26-21)25-14-18(28)15-29-19-9-5-2-6-10-19/h1-13,18,28H,14-15H2,(H,25,26,27). The quantitative estimate of drug-likeness (QED) is 0.462. The molecule has 2 N–H and O–H groups in total. The van der Waals surface area contributed by atoms with E-state index in [0.29, 0.717) is 11.0 Å². The van der Waals surface area contributed by atoms with Gasteiger partial charge in [-0.1, -0.05) is 60.1 Å². The molecule has 6 heteroatoms. The highest BCUT2D eigenvalue weighted by molar-refractivity contribution is 6.31. The first-order valence-corrected chi connectivity index (χ1v) is 9.69. The highest BCUT2D eigenvalue weighted by atomic mass is 35.5. The van der Waals surface area contributed by atoms with Crippen LogP contribution in [0.25, 0.3) is 22.2 Å². The first-order chi connectivity index (χ1) is 14.2. The van der Waals surface area contributed by atoms with Crippen LogP contribution in [0.4, 0.5) is 5.95 Å². The van der Waals surface area contributed by atoms with Crippen molar-refractivity contribution in [2.24, 2.45) is 0 Å². The predicted octanol–water partition coefficient (Wildman–Crippen LogP) is 4.80. The molecule has 1 unspecified atom stereocenters. The summed E-state index contributed by atoms with van der Waals surface area (Å²) >= 11 is 6.19. The first kappa shape index (κ1) is 19.2. The summed E-state index contributed by atoms with van der Waals surface area (Å²) in [7, 11) is 0. The van der Waals surface area contributed by atoms with Gasteiger partial charge in [0.2, 0.25) is 5.95 Å². The zero-order valence-electron chi connectivity index (χ0n) is 15.6. The Bertz CT molecular complexity index is 1090. The fourth-order valence-corrected chi connectivity index (χ4v) is 3.15. The van der Waals surface area contributed by atoms with Gasteiger partial charge < -0.3 is 15.2 Å². The number of nitrogens with zero attached hydrogens (tertiary/aromatic N) is 2. The average molecular weight is 406 g/mol. The number of para-hydroxylation sites is 1. The van der Waals surface area contributed by atoms with E-state index in [-0.39, 0.29) is 13.2 Å². The van der Waals surface area contributed by atoms with Crippen molar-refractivity contribution >= 4 is 28.5 Å². The van der Waals surface area contributed by atoms with Crippen LogP contribution in [-0.4, -0.2) is 34.3 Å². The molecule has 0 bridgehead atoms. The third-order valence-corrected chi connectivity index (χ3v) is 4.62. The van der Waals surface area contributed by atoms with Gasteiger partial charge in [-0.05, 0) is 30.3 Å². The number of aliphatic hydroxyl groups is 1. The van der Waals surface area contributed by atoms with Crippen molar-refractivity contribution < 1.29 is 9.84 Å². The lowest BCUT2D eigenvalue weighted by molar-refractivity contribution is 0.117. The van der Waals surface area contributed by atoms with Crippen LogP contribution in [0.3, 0.4) is 0 Å². The molecule has 1 atom stereocenters. The molecule has 1 aromatic heterocycles. The number of benzene rings is 3. The molecule has 0 fully saturated rings. The van der Waals surface area contributed by atoms with Crippen molar-refractivity contribution in [1.82, 2.24) is 9.97 Å². The molecule has 0 aliphatic carbocycles. The number of anilines is 1. The van der Waals surface area contributed by atoms with E-state index in [9.17, 15) is 5.11 Å². The van der Waals surface area contributed by atoms with Gasteiger partial charge in [-0.2, -0.15) is 0 Å². The summed E-state index contributed by atoms with van der Waals surface area (Å²) in [6.45, 7) is 0.436. The number of hydrogen-bond acceptors (Lipinski definition) is 5. The lowest BCUT2D eigenvalue weighted by atomic mass is 10.1. The fourth-order valence-electron chi connectivity index (χ4n) is 2.97. The SMILES string of the molecule is OC(CNc1nc(-c2ccccc2)c2cc(Cl)ccc2n1)COc1ccccc1. The van der Waals surface area contributed by atoms with Crippen molar-refractivity contribution in [1.29, 1.82) is 0 Å². The molecular weight excluding hydrogens is 386 g/mol. The van der Waals surface area contributed by atoms with Gasteiger partial charge in [-0.25, -0.2) is 9.97 Å². The molecule has 0 saturated heterocycles. The number of aromatic nitrogens is 2. The molecule has 0 aliphatic heterocycles. The maximum Gasteiger partial charge on any atom is 0.223 e. The molecule has 1 heterocycles. The molecule has 4 aromatic rings. The van der Waals surface area contributed by atoms with Crippen LogP contribution in [0.15, 0.2) is 78.9 Å². The van der Waals surface area contributed by atoms with Gasteiger partial charge in [0, 0.05) is 22.5 Å². The Hall–Kier alpha value is -3.15. The van der Waals surface area contributed by atoms with E-state index in [0.717, 1.165) is 27.9 Å². The van der Waals surface area contributed by atoms with E-state index < -0.39 is 6.10 Å². The Morgan fingerprint density at radius 3 is 2.41 bits per heavy atom. The molecule has 0 spiro atoms. The lowest BCUT2D eigenvalue weighted by Crippen LogP contribution is -2.27. The topological polar surface area (TPSA) is 67.3 Å². The minimum Gasteiger partial charge on any atom is -0.491 e. The Balaban J connectivity index is 1.52. The third kappa shape index (κ3) is 4.83. The van der Waals surface area contributed by atoms with Gasteiger partial charge in [-0.3, -0.25) is 0 Å². The number of ether oxygens (including phenoxy) is 1. The van der Waals surface area contributed by atoms with Gasteiger partial charge in [0.25, 0.3) is 0 Å². The van der Waals surface area contributed by atoms with Crippen LogP contribution < -0.4 is 10.1 Å². The maximum absolute atomic E-state index is 10.2. The van der Waals surface area contributed by atoms with E-state index in [2.05, 4.69) is 15.3 Å². The van der Waals surface area contributed by atoms with Gasteiger partial charge in [0.05, 0.1) is 11.2 Å². The first-order valence-electron chi connectivity index (χ1n) is 9.31. The van der Waals surface area contributed by atoms with Crippen LogP contribution in [0.1, 0.15) is 0 Å². The zero-order chi connectivity index (χ0) is 20.1. The van der Waals surface area contributed by atoms with Crippen LogP contribution in [0.5, 0.6) is 5.75 Å². The predicted molar refractivity (Wildman–Crippen MR) is 116 cm³/mol. The summed E-state index contributed by atoms with van der Waals surface area (Å²) < 4.78 is 5.59. The second kappa shape index (κ2) is 8.90. The Morgan fingerprint density at radius 2 is 1.66 bits per heavy atom. The van der Waals surface area contributed by atoms with Crippen LogP contribution >= 0.6 is 11.6 Å². The monoisotopic (exact) mass is 405 g/mol. The van der Waals surface area contributed by atoms with Crippen molar-refractivity contribution in [3.8, 4) is 17.0 Å². The Labute approximate surface area is 174 Å². The second-order valence-electron chi connectivity index (χ2n) is 6.58. The van der Waals surface area contributed by atoms with Gasteiger partial charge in [0.15, 0.2) is 0 Å². The van der Waals surface area contributed by atoms with Crippen molar-refractivity contribution in [3.05, 3.63) is 83.9 Å². The number of nitrogens with one attached hydrogen (secondary N) is 1.